The molecule has 9 nitrogen and oxygen atoms in total. The van der Waals surface area contributed by atoms with Crippen molar-refractivity contribution in [1.82, 2.24) is 29.7 Å². The Morgan fingerprint density at radius 1 is 1.03 bits per heavy atom. The van der Waals surface area contributed by atoms with Crippen LogP contribution in [0.2, 0.25) is 0 Å². The normalized spacial score (nSPS) is 14.4. The van der Waals surface area contributed by atoms with Crippen molar-refractivity contribution in [1.29, 1.82) is 0 Å². The van der Waals surface area contributed by atoms with E-state index in [1.807, 2.05) is 41.3 Å². The summed E-state index contributed by atoms with van der Waals surface area (Å²) in [4.78, 5) is 33.7. The van der Waals surface area contributed by atoms with Gasteiger partial charge in [0, 0.05) is 43.9 Å². The highest BCUT2D eigenvalue weighted by atomic mass is 16.3. The number of benzene rings is 2. The number of piperazine rings is 1. The summed E-state index contributed by atoms with van der Waals surface area (Å²) in [5.41, 5.74) is 3.93. The fourth-order valence-corrected chi connectivity index (χ4v) is 4.03. The summed E-state index contributed by atoms with van der Waals surface area (Å²) in [5.74, 6) is 1.53. The van der Waals surface area contributed by atoms with Crippen molar-refractivity contribution in [3.63, 3.8) is 0 Å². The molecule has 0 radical (unpaired) electrons. The fraction of sp³-hybridized carbons (Fsp3) is 0.280. The first-order chi connectivity index (χ1) is 16.6. The molecule has 0 atom stereocenters. The van der Waals surface area contributed by atoms with Crippen molar-refractivity contribution >= 4 is 22.9 Å². The van der Waals surface area contributed by atoms with Gasteiger partial charge in [-0.1, -0.05) is 24.3 Å². The number of H-pyrrole nitrogens is 1. The summed E-state index contributed by atoms with van der Waals surface area (Å²) in [5, 5.41) is 12.8. The smallest absolute Gasteiger partial charge is 0.253 e. The molecule has 5 rings (SSSR count). The second kappa shape index (κ2) is 9.48. The van der Waals surface area contributed by atoms with Crippen molar-refractivity contribution in [3.05, 3.63) is 66.0 Å². The van der Waals surface area contributed by atoms with Gasteiger partial charge in [0.05, 0.1) is 6.33 Å². The average Bonchev–Trinajstić information content (AvgIpc) is 3.34. The Bertz CT molecular complexity index is 1280. The van der Waals surface area contributed by atoms with E-state index < -0.39 is 0 Å². The molecule has 3 N–H and O–H groups in total. The molecule has 2 aromatic carbocycles. The second-order valence-electron chi connectivity index (χ2n) is 8.51. The Morgan fingerprint density at radius 2 is 1.76 bits per heavy atom. The van der Waals surface area contributed by atoms with E-state index in [-0.39, 0.29) is 11.7 Å². The summed E-state index contributed by atoms with van der Waals surface area (Å²) in [6, 6.07) is 14.6. The molecule has 1 amide bonds. The number of hydrogen-bond acceptors (Lipinski definition) is 7. The number of anilines is 1. The minimum Gasteiger partial charge on any atom is -0.508 e. The van der Waals surface area contributed by atoms with Crippen LogP contribution in [0.25, 0.3) is 22.6 Å². The molecule has 1 aliphatic heterocycles. The van der Waals surface area contributed by atoms with Crippen molar-refractivity contribution < 1.29 is 9.90 Å². The van der Waals surface area contributed by atoms with E-state index in [0.717, 1.165) is 49.2 Å². The van der Waals surface area contributed by atoms with Crippen LogP contribution in [0.1, 0.15) is 15.9 Å². The molecule has 0 unspecified atom stereocenters. The van der Waals surface area contributed by atoms with Crippen LogP contribution >= 0.6 is 0 Å². The highest BCUT2D eigenvalue weighted by Crippen LogP contribution is 2.23. The number of nitrogens with zero attached hydrogens (tertiary/aromatic N) is 5. The maximum absolute atomic E-state index is 12.8. The topological polar surface area (TPSA) is 110 Å². The zero-order valence-electron chi connectivity index (χ0n) is 19.0. The second-order valence-corrected chi connectivity index (χ2v) is 8.51. The summed E-state index contributed by atoms with van der Waals surface area (Å²) in [6.07, 6.45) is 2.38. The van der Waals surface area contributed by atoms with Gasteiger partial charge in [0.2, 0.25) is 0 Å². The van der Waals surface area contributed by atoms with E-state index in [0.29, 0.717) is 29.4 Å². The Kier molecular flexibility index (Phi) is 6.09. The van der Waals surface area contributed by atoms with E-state index in [1.165, 1.54) is 0 Å². The van der Waals surface area contributed by atoms with Crippen molar-refractivity contribution in [2.75, 3.05) is 45.1 Å². The number of carbonyl (C=O) groups excluding carboxylic acids is 1. The molecule has 34 heavy (non-hydrogen) atoms. The van der Waals surface area contributed by atoms with Crippen LogP contribution in [0.15, 0.2) is 54.9 Å². The third-order valence-corrected chi connectivity index (χ3v) is 6.11. The van der Waals surface area contributed by atoms with Crippen LogP contribution in [-0.4, -0.2) is 80.5 Å². The number of carbonyl (C=O) groups is 1. The fourth-order valence-electron chi connectivity index (χ4n) is 4.03. The molecule has 3 heterocycles. The molecule has 4 aromatic rings. The number of aromatic nitrogens is 4. The Balaban J connectivity index is 1.32. The number of aromatic hydroxyl groups is 1. The predicted octanol–water partition coefficient (Wildman–Crippen LogP) is 2.77. The number of amides is 1. The summed E-state index contributed by atoms with van der Waals surface area (Å²) < 4.78 is 0. The molecule has 174 valence electrons. The highest BCUT2D eigenvalue weighted by Gasteiger charge is 2.20. The first-order valence-corrected chi connectivity index (χ1v) is 11.4. The van der Waals surface area contributed by atoms with E-state index in [4.69, 9.17) is 4.98 Å². The molecule has 0 spiro atoms. The lowest BCUT2D eigenvalue weighted by Crippen LogP contribution is -2.47. The predicted molar refractivity (Wildman–Crippen MR) is 131 cm³/mol. The SMILES string of the molecule is CN1CCN(C(=O)c2ccc(-c3nc(NCCc4ccc(O)cc4)c4[nH]cnc4n3)cc2)CC1. The molecule has 1 saturated heterocycles. The van der Waals surface area contributed by atoms with E-state index in [1.54, 1.807) is 18.5 Å². The quantitative estimate of drug-likeness (QED) is 0.408. The van der Waals surface area contributed by atoms with Crippen molar-refractivity contribution in [3.8, 4) is 17.1 Å². The number of hydrogen-bond donors (Lipinski definition) is 3. The Labute approximate surface area is 197 Å². The summed E-state index contributed by atoms with van der Waals surface area (Å²) >= 11 is 0. The monoisotopic (exact) mass is 457 g/mol. The maximum atomic E-state index is 12.8. The number of fused-ring (bicyclic) bond motifs is 1. The van der Waals surface area contributed by atoms with Gasteiger partial charge < -0.3 is 25.2 Å². The molecule has 2 aromatic heterocycles. The molecular formula is C25H27N7O2. The summed E-state index contributed by atoms with van der Waals surface area (Å²) in [7, 11) is 2.07. The van der Waals surface area contributed by atoms with Crippen LogP contribution in [-0.2, 0) is 6.42 Å². The van der Waals surface area contributed by atoms with Gasteiger partial charge in [-0.3, -0.25) is 4.79 Å². The molecular weight excluding hydrogens is 430 g/mol. The van der Waals surface area contributed by atoms with Crippen LogP contribution in [0.3, 0.4) is 0 Å². The number of rotatable bonds is 6. The van der Waals surface area contributed by atoms with Gasteiger partial charge >= 0.3 is 0 Å². The highest BCUT2D eigenvalue weighted by molar-refractivity contribution is 5.95. The molecule has 9 heteroatoms. The average molecular weight is 458 g/mol. The minimum absolute atomic E-state index is 0.0555. The third kappa shape index (κ3) is 4.69. The zero-order chi connectivity index (χ0) is 23.5. The largest absolute Gasteiger partial charge is 0.508 e. The van der Waals surface area contributed by atoms with Gasteiger partial charge in [0.1, 0.15) is 11.3 Å². The van der Waals surface area contributed by atoms with Crippen LogP contribution in [0, 0.1) is 0 Å². The molecule has 0 aliphatic carbocycles. The summed E-state index contributed by atoms with van der Waals surface area (Å²) in [6.45, 7) is 3.94. The standard InChI is InChI=1S/C25H27N7O2/c1-31-12-14-32(15-13-31)25(34)19-6-4-18(5-7-19)22-29-23(21-24(30-22)28-16-27-21)26-11-10-17-2-8-20(33)9-3-17/h2-9,16,33H,10-15H2,1H3,(H2,26,27,28,29,30). The molecule has 1 fully saturated rings. The molecule has 1 aliphatic rings. The van der Waals surface area contributed by atoms with Gasteiger partial charge in [0.25, 0.3) is 5.91 Å². The third-order valence-electron chi connectivity index (χ3n) is 6.11. The number of nitrogens with one attached hydrogen (secondary N) is 2. The Morgan fingerprint density at radius 3 is 2.50 bits per heavy atom. The number of imidazole rings is 1. The van der Waals surface area contributed by atoms with Gasteiger partial charge in [-0.25, -0.2) is 15.0 Å². The van der Waals surface area contributed by atoms with E-state index in [9.17, 15) is 9.90 Å². The van der Waals surface area contributed by atoms with E-state index in [2.05, 4.69) is 32.2 Å². The lowest BCUT2D eigenvalue weighted by Gasteiger charge is -2.32. The van der Waals surface area contributed by atoms with E-state index >= 15 is 0 Å². The van der Waals surface area contributed by atoms with Crippen LogP contribution in [0.4, 0.5) is 5.82 Å². The lowest BCUT2D eigenvalue weighted by molar-refractivity contribution is 0.0664. The van der Waals surface area contributed by atoms with Gasteiger partial charge in [-0.05, 0) is 43.3 Å². The van der Waals surface area contributed by atoms with Crippen LogP contribution < -0.4 is 5.32 Å². The van der Waals surface area contributed by atoms with Crippen molar-refractivity contribution in [2.24, 2.45) is 0 Å². The number of phenolic OH excluding ortho intramolecular Hbond substituents is 1. The number of phenols is 1. The number of likely N-dealkylation sites (N-methyl/N-ethyl adjacent to an activating group) is 1. The van der Waals surface area contributed by atoms with Crippen LogP contribution in [0.5, 0.6) is 5.75 Å². The lowest BCUT2D eigenvalue weighted by atomic mass is 10.1. The van der Waals surface area contributed by atoms with Crippen molar-refractivity contribution in [2.45, 2.75) is 6.42 Å². The molecule has 0 bridgehead atoms. The minimum atomic E-state index is 0.0555. The first kappa shape index (κ1) is 21.8. The van der Waals surface area contributed by atoms with Gasteiger partial charge in [-0.15, -0.1) is 0 Å². The maximum Gasteiger partial charge on any atom is 0.253 e. The first-order valence-electron chi connectivity index (χ1n) is 11.4. The van der Waals surface area contributed by atoms with Gasteiger partial charge in [-0.2, -0.15) is 0 Å². The Hall–Kier alpha value is -3.98. The van der Waals surface area contributed by atoms with Gasteiger partial charge in [0.15, 0.2) is 17.3 Å². The molecule has 0 saturated carbocycles. The zero-order valence-corrected chi connectivity index (χ0v) is 19.0. The number of aromatic amines is 1.